The van der Waals surface area contributed by atoms with Crippen molar-refractivity contribution in [2.75, 3.05) is 33.0 Å². The standard InChI is InChI=1S/C18H20FN3O4S/c1-21(2)27(25,26)16-9-4-6-13(10-16)18(24)22(3)12-17(23)20-15-8-5-7-14(19)11-15/h4-11H,12H2,1-3H3,(H,20,23). The number of likely N-dealkylation sites (N-methyl/N-ethyl adjacent to an activating group) is 1. The van der Waals surface area contributed by atoms with Gasteiger partial charge in [0, 0.05) is 32.4 Å². The lowest BCUT2D eigenvalue weighted by Crippen LogP contribution is -2.35. The average molecular weight is 393 g/mol. The van der Waals surface area contributed by atoms with Crippen LogP contribution in [-0.4, -0.2) is 57.1 Å². The molecule has 0 spiro atoms. The first-order valence-corrected chi connectivity index (χ1v) is 9.39. The fraction of sp³-hybridized carbons (Fsp3) is 0.222. The molecular formula is C18H20FN3O4S. The van der Waals surface area contributed by atoms with Gasteiger partial charge in [-0.2, -0.15) is 0 Å². The number of anilines is 1. The van der Waals surface area contributed by atoms with Crippen molar-refractivity contribution in [3.63, 3.8) is 0 Å². The van der Waals surface area contributed by atoms with E-state index in [9.17, 15) is 22.4 Å². The molecule has 0 atom stereocenters. The molecule has 0 unspecified atom stereocenters. The molecule has 2 rings (SSSR count). The molecule has 0 heterocycles. The Balaban J connectivity index is 2.10. The van der Waals surface area contributed by atoms with Gasteiger partial charge in [0.2, 0.25) is 15.9 Å². The number of rotatable bonds is 6. The topological polar surface area (TPSA) is 86.8 Å². The molecule has 0 bridgehead atoms. The number of hydrogen-bond donors (Lipinski definition) is 1. The Kier molecular flexibility index (Phi) is 6.29. The highest BCUT2D eigenvalue weighted by Gasteiger charge is 2.21. The maximum Gasteiger partial charge on any atom is 0.254 e. The number of nitrogens with one attached hydrogen (secondary N) is 1. The summed E-state index contributed by atoms with van der Waals surface area (Å²) in [6.45, 7) is -0.278. The van der Waals surface area contributed by atoms with Crippen molar-refractivity contribution in [1.29, 1.82) is 0 Å². The van der Waals surface area contributed by atoms with Gasteiger partial charge in [-0.3, -0.25) is 9.59 Å². The monoisotopic (exact) mass is 393 g/mol. The summed E-state index contributed by atoms with van der Waals surface area (Å²) in [7, 11) is 0.530. The van der Waals surface area contributed by atoms with Crippen LogP contribution in [0.2, 0.25) is 0 Å². The van der Waals surface area contributed by atoms with Gasteiger partial charge < -0.3 is 10.2 Å². The molecule has 2 aromatic carbocycles. The van der Waals surface area contributed by atoms with Crippen LogP contribution in [0.5, 0.6) is 0 Å². The minimum atomic E-state index is -3.68. The highest BCUT2D eigenvalue weighted by atomic mass is 32.2. The van der Waals surface area contributed by atoms with E-state index in [2.05, 4.69) is 5.32 Å². The molecule has 9 heteroatoms. The van der Waals surface area contributed by atoms with E-state index in [0.717, 1.165) is 15.3 Å². The zero-order valence-corrected chi connectivity index (χ0v) is 16.0. The van der Waals surface area contributed by atoms with Crippen molar-refractivity contribution in [2.45, 2.75) is 4.90 Å². The molecule has 0 radical (unpaired) electrons. The van der Waals surface area contributed by atoms with Crippen LogP contribution >= 0.6 is 0 Å². The Morgan fingerprint density at radius 3 is 2.33 bits per heavy atom. The normalized spacial score (nSPS) is 11.3. The van der Waals surface area contributed by atoms with Crippen molar-refractivity contribution >= 4 is 27.5 Å². The third-order valence-corrected chi connectivity index (χ3v) is 5.51. The highest BCUT2D eigenvalue weighted by Crippen LogP contribution is 2.16. The van der Waals surface area contributed by atoms with Gasteiger partial charge in [0.25, 0.3) is 5.91 Å². The third kappa shape index (κ3) is 5.11. The predicted octanol–water partition coefficient (Wildman–Crippen LogP) is 1.79. The molecule has 2 amide bonds. The molecular weight excluding hydrogens is 373 g/mol. The molecule has 0 saturated carbocycles. The molecule has 0 aromatic heterocycles. The lowest BCUT2D eigenvalue weighted by molar-refractivity contribution is -0.116. The van der Waals surface area contributed by atoms with E-state index in [1.165, 1.54) is 63.6 Å². The number of benzene rings is 2. The van der Waals surface area contributed by atoms with Gasteiger partial charge in [-0.05, 0) is 36.4 Å². The van der Waals surface area contributed by atoms with Crippen molar-refractivity contribution in [3.05, 3.63) is 59.9 Å². The first-order valence-electron chi connectivity index (χ1n) is 7.95. The first-order chi connectivity index (χ1) is 12.6. The summed E-state index contributed by atoms with van der Waals surface area (Å²) in [5.74, 6) is -1.51. The molecule has 0 saturated heterocycles. The molecule has 0 fully saturated rings. The van der Waals surface area contributed by atoms with Gasteiger partial charge in [0.1, 0.15) is 5.82 Å². The molecule has 2 aromatic rings. The van der Waals surface area contributed by atoms with Gasteiger partial charge in [-0.25, -0.2) is 17.1 Å². The van der Waals surface area contributed by atoms with Crippen LogP contribution < -0.4 is 5.32 Å². The fourth-order valence-corrected chi connectivity index (χ4v) is 3.22. The number of carbonyl (C=O) groups excluding carboxylic acids is 2. The molecule has 27 heavy (non-hydrogen) atoms. The van der Waals surface area contributed by atoms with Gasteiger partial charge in [0.15, 0.2) is 0 Å². The predicted molar refractivity (Wildman–Crippen MR) is 99.3 cm³/mol. The summed E-state index contributed by atoms with van der Waals surface area (Å²) in [5.41, 5.74) is 0.416. The minimum absolute atomic E-state index is 0.0176. The smallest absolute Gasteiger partial charge is 0.254 e. The molecule has 144 valence electrons. The summed E-state index contributed by atoms with van der Waals surface area (Å²) in [4.78, 5) is 25.7. The summed E-state index contributed by atoms with van der Waals surface area (Å²) in [6, 6.07) is 11.0. The number of hydrogen-bond acceptors (Lipinski definition) is 4. The van der Waals surface area contributed by atoms with Crippen molar-refractivity contribution < 1.29 is 22.4 Å². The van der Waals surface area contributed by atoms with Crippen LogP contribution in [0, 0.1) is 5.82 Å². The number of amides is 2. The number of halogens is 1. The zero-order valence-electron chi connectivity index (χ0n) is 15.1. The van der Waals surface area contributed by atoms with Crippen molar-refractivity contribution in [3.8, 4) is 0 Å². The summed E-state index contributed by atoms with van der Waals surface area (Å²) in [5, 5.41) is 2.50. The van der Waals surface area contributed by atoms with Gasteiger partial charge in [0.05, 0.1) is 11.4 Å². The maximum atomic E-state index is 13.2. The Morgan fingerprint density at radius 1 is 1.04 bits per heavy atom. The molecule has 0 aliphatic carbocycles. The van der Waals surface area contributed by atoms with Crippen molar-refractivity contribution in [2.24, 2.45) is 0 Å². The Bertz CT molecular complexity index is 961. The van der Waals surface area contributed by atoms with Crippen LogP contribution in [0.4, 0.5) is 10.1 Å². The number of carbonyl (C=O) groups is 2. The second-order valence-corrected chi connectivity index (χ2v) is 8.19. The van der Waals surface area contributed by atoms with Crippen LogP contribution in [0.25, 0.3) is 0 Å². The minimum Gasteiger partial charge on any atom is -0.332 e. The summed E-state index contributed by atoms with van der Waals surface area (Å²) < 4.78 is 38.6. The molecule has 1 N–H and O–H groups in total. The third-order valence-electron chi connectivity index (χ3n) is 3.70. The van der Waals surface area contributed by atoms with E-state index in [4.69, 9.17) is 0 Å². The second-order valence-electron chi connectivity index (χ2n) is 6.03. The lowest BCUT2D eigenvalue weighted by atomic mass is 10.2. The van der Waals surface area contributed by atoms with E-state index >= 15 is 0 Å². The van der Waals surface area contributed by atoms with Crippen LogP contribution in [-0.2, 0) is 14.8 Å². The Morgan fingerprint density at radius 2 is 1.70 bits per heavy atom. The van der Waals surface area contributed by atoms with Crippen molar-refractivity contribution in [1.82, 2.24) is 9.21 Å². The van der Waals surface area contributed by atoms with Gasteiger partial charge >= 0.3 is 0 Å². The largest absolute Gasteiger partial charge is 0.332 e. The second kappa shape index (κ2) is 8.28. The number of nitrogens with zero attached hydrogens (tertiary/aromatic N) is 2. The molecule has 7 nitrogen and oxygen atoms in total. The van der Waals surface area contributed by atoms with E-state index in [1.807, 2.05) is 0 Å². The number of sulfonamides is 1. The lowest BCUT2D eigenvalue weighted by Gasteiger charge is -2.18. The quantitative estimate of drug-likeness (QED) is 0.811. The van der Waals surface area contributed by atoms with Gasteiger partial charge in [-0.1, -0.05) is 12.1 Å². The van der Waals surface area contributed by atoms with E-state index in [1.54, 1.807) is 0 Å². The van der Waals surface area contributed by atoms with E-state index in [0.29, 0.717) is 0 Å². The summed E-state index contributed by atoms with van der Waals surface area (Å²) >= 11 is 0. The fourth-order valence-electron chi connectivity index (χ4n) is 2.27. The van der Waals surface area contributed by atoms with Crippen LogP contribution in [0.3, 0.4) is 0 Å². The van der Waals surface area contributed by atoms with Gasteiger partial charge in [-0.15, -0.1) is 0 Å². The van der Waals surface area contributed by atoms with Crippen LogP contribution in [0.15, 0.2) is 53.4 Å². The van der Waals surface area contributed by atoms with E-state index < -0.39 is 27.7 Å². The average Bonchev–Trinajstić information content (AvgIpc) is 2.60. The first kappa shape index (κ1) is 20.5. The summed E-state index contributed by atoms with van der Waals surface area (Å²) in [6.07, 6.45) is 0. The van der Waals surface area contributed by atoms with Crippen LogP contribution in [0.1, 0.15) is 10.4 Å². The highest BCUT2D eigenvalue weighted by molar-refractivity contribution is 7.89. The zero-order chi connectivity index (χ0) is 20.2. The van der Waals surface area contributed by atoms with E-state index in [-0.39, 0.29) is 22.7 Å². The maximum absolute atomic E-state index is 13.2. The Hall–Kier alpha value is -2.78. The SMILES string of the molecule is CN(CC(=O)Nc1cccc(F)c1)C(=O)c1cccc(S(=O)(=O)N(C)C)c1. The Labute approximate surface area is 157 Å². The molecule has 0 aliphatic rings. The molecule has 0 aliphatic heterocycles.